The molecular weight excluding hydrogens is 512 g/mol. The molecule has 5 rings (SSSR count). The number of nitrogens with zero attached hydrogens (tertiary/aromatic N) is 2. The number of H-pyrrole nitrogens is 1. The van der Waals surface area contributed by atoms with E-state index in [0.717, 1.165) is 11.3 Å². The highest BCUT2D eigenvalue weighted by atomic mass is 32.2. The number of allylic oxidation sites excluding steroid dienone is 1. The molecule has 0 radical (unpaired) electrons. The van der Waals surface area contributed by atoms with Crippen LogP contribution in [0.25, 0.3) is 22.0 Å². The molecule has 0 unspecified atom stereocenters. The summed E-state index contributed by atoms with van der Waals surface area (Å²) in [6, 6.07) is 8.92. The third-order valence-electron chi connectivity index (χ3n) is 7.71. The number of nitrogens with two attached hydrogens (primary N) is 1. The first-order chi connectivity index (χ1) is 18.5. The van der Waals surface area contributed by atoms with Gasteiger partial charge in [-0.15, -0.1) is 6.58 Å². The van der Waals surface area contributed by atoms with E-state index >= 15 is 0 Å². The number of Topliss-reactive ketones (excluding diaryl/α,β-unsaturated/α-hetero) is 1. The van der Waals surface area contributed by atoms with Crippen molar-refractivity contribution in [2.45, 2.75) is 57.6 Å². The molecule has 3 heterocycles. The third kappa shape index (κ3) is 4.61. The molecule has 4 aromatic rings. The Balaban J connectivity index is 1.66. The van der Waals surface area contributed by atoms with E-state index in [0.29, 0.717) is 63.8 Å². The molecule has 202 valence electrons. The Morgan fingerprint density at radius 2 is 1.90 bits per heavy atom. The minimum Gasteiger partial charge on any atom is -0.384 e. The summed E-state index contributed by atoms with van der Waals surface area (Å²) in [6.07, 6.45) is 6.74. The highest BCUT2D eigenvalue weighted by Crippen LogP contribution is 2.49. The Bertz CT molecular complexity index is 1790. The minimum absolute atomic E-state index is 0.100. The molecule has 3 N–H and O–H groups in total. The number of benzene rings is 1. The predicted molar refractivity (Wildman–Crippen MR) is 155 cm³/mol. The van der Waals surface area contributed by atoms with Crippen molar-refractivity contribution in [1.82, 2.24) is 13.9 Å². The van der Waals surface area contributed by atoms with Gasteiger partial charge in [-0.1, -0.05) is 6.08 Å². The van der Waals surface area contributed by atoms with Gasteiger partial charge in [0.05, 0.1) is 10.3 Å². The molecule has 8 nitrogen and oxygen atoms in total. The summed E-state index contributed by atoms with van der Waals surface area (Å²) in [6.45, 7) is 9.26. The number of hydrogen-bond donors (Lipinski definition) is 2. The van der Waals surface area contributed by atoms with E-state index in [4.69, 9.17) is 5.73 Å². The van der Waals surface area contributed by atoms with Crippen LogP contribution >= 0.6 is 0 Å². The first-order valence-corrected chi connectivity index (χ1v) is 14.4. The fourth-order valence-corrected chi connectivity index (χ4v) is 7.49. The summed E-state index contributed by atoms with van der Waals surface area (Å²) < 4.78 is 28.2. The number of nitrogen functional groups attached to an aromatic ring is 1. The topological polar surface area (TPSA) is 128 Å². The maximum atomic E-state index is 13.9. The lowest BCUT2D eigenvalue weighted by Crippen LogP contribution is -2.28. The van der Waals surface area contributed by atoms with E-state index in [9.17, 15) is 18.0 Å². The van der Waals surface area contributed by atoms with Gasteiger partial charge in [-0.3, -0.25) is 9.59 Å². The standard InChI is InChI=1S/C30H32N4O4S/c1-5-10-30(11-12-30)39(37,38)34-17-19(3)28-24(14-22(15-25(28)34)21-6-9-27(31)32-16-21)26(35)8-7-23-18(2)13-20(4)33-29(23)36/h5-6,9,13-17H,1,7-8,10-12H2,2-4H3,(H2,31,32)(H,33,36). The molecule has 0 bridgehead atoms. The lowest BCUT2D eigenvalue weighted by atomic mass is 9.94. The van der Waals surface area contributed by atoms with Crippen molar-refractivity contribution >= 4 is 32.5 Å². The third-order valence-corrected chi connectivity index (χ3v) is 10.2. The second-order valence-electron chi connectivity index (χ2n) is 10.5. The SMILES string of the molecule is C=CCC1(S(=O)(=O)n2cc(C)c3c(C(=O)CCc4c(C)cc(C)[nH]c4=O)cc(-c4ccc(N)nc4)cc32)CC1. The zero-order chi connectivity index (χ0) is 28.1. The quantitative estimate of drug-likeness (QED) is 0.225. The second kappa shape index (κ2) is 9.64. The van der Waals surface area contributed by atoms with Crippen LogP contribution in [0.15, 0.2) is 60.2 Å². The molecule has 0 atom stereocenters. The molecule has 9 heteroatoms. The Hall–Kier alpha value is -3.98. The van der Waals surface area contributed by atoms with E-state index in [2.05, 4.69) is 16.5 Å². The zero-order valence-corrected chi connectivity index (χ0v) is 23.2. The maximum absolute atomic E-state index is 13.9. The molecule has 39 heavy (non-hydrogen) atoms. The van der Waals surface area contributed by atoms with Crippen LogP contribution in [-0.2, 0) is 16.4 Å². The van der Waals surface area contributed by atoms with Gasteiger partial charge in [0.25, 0.3) is 5.56 Å². The monoisotopic (exact) mass is 544 g/mol. The molecule has 0 spiro atoms. The highest BCUT2D eigenvalue weighted by Gasteiger charge is 2.54. The number of aromatic nitrogens is 3. The van der Waals surface area contributed by atoms with Gasteiger partial charge in [-0.25, -0.2) is 17.4 Å². The summed E-state index contributed by atoms with van der Waals surface area (Å²) in [5.41, 5.74) is 10.7. The highest BCUT2D eigenvalue weighted by molar-refractivity contribution is 7.91. The average molecular weight is 545 g/mol. The van der Waals surface area contributed by atoms with Gasteiger partial charge in [0.15, 0.2) is 5.78 Å². The zero-order valence-electron chi connectivity index (χ0n) is 22.4. The molecule has 1 aromatic carbocycles. The van der Waals surface area contributed by atoms with Crippen LogP contribution in [0.4, 0.5) is 5.82 Å². The van der Waals surface area contributed by atoms with E-state index in [1.54, 1.807) is 42.7 Å². The number of rotatable bonds is 9. The maximum Gasteiger partial charge on any atom is 0.251 e. The molecule has 1 fully saturated rings. The molecule has 1 aliphatic rings. The van der Waals surface area contributed by atoms with Gasteiger partial charge in [0.2, 0.25) is 10.0 Å². The number of carbonyl (C=O) groups excluding carboxylic acids is 1. The van der Waals surface area contributed by atoms with Crippen molar-refractivity contribution in [2.75, 3.05) is 5.73 Å². The normalized spacial score (nSPS) is 14.4. The molecule has 0 amide bonds. The largest absolute Gasteiger partial charge is 0.384 e. The predicted octanol–water partition coefficient (Wildman–Crippen LogP) is 5.00. The van der Waals surface area contributed by atoms with E-state index in [-0.39, 0.29) is 24.2 Å². The lowest BCUT2D eigenvalue weighted by Gasteiger charge is -2.17. The number of pyridine rings is 2. The fourth-order valence-electron chi connectivity index (χ4n) is 5.43. The van der Waals surface area contributed by atoms with Crippen molar-refractivity contribution in [3.63, 3.8) is 0 Å². The van der Waals surface area contributed by atoms with Crippen molar-refractivity contribution < 1.29 is 13.2 Å². The Kier molecular flexibility index (Phi) is 6.58. The van der Waals surface area contributed by atoms with Crippen LogP contribution in [0.1, 0.15) is 58.4 Å². The Morgan fingerprint density at radius 3 is 2.51 bits per heavy atom. The van der Waals surface area contributed by atoms with Crippen LogP contribution in [-0.4, -0.2) is 32.9 Å². The van der Waals surface area contributed by atoms with Gasteiger partial charge < -0.3 is 10.7 Å². The number of nitrogens with one attached hydrogen (secondary N) is 1. The number of ketones is 1. The molecule has 0 saturated heterocycles. The Labute approximate surface area is 227 Å². The van der Waals surface area contributed by atoms with E-state index in [1.165, 1.54) is 3.97 Å². The van der Waals surface area contributed by atoms with Gasteiger partial charge >= 0.3 is 0 Å². The average Bonchev–Trinajstić information content (AvgIpc) is 3.60. The van der Waals surface area contributed by atoms with Crippen LogP contribution < -0.4 is 11.3 Å². The molecule has 3 aromatic heterocycles. The summed E-state index contributed by atoms with van der Waals surface area (Å²) in [5.74, 6) is 0.187. The summed E-state index contributed by atoms with van der Waals surface area (Å²) in [4.78, 5) is 33.3. The number of carbonyl (C=O) groups is 1. The minimum atomic E-state index is -3.76. The van der Waals surface area contributed by atoms with Gasteiger partial charge in [-0.2, -0.15) is 0 Å². The molecular formula is C30H32N4O4S. The van der Waals surface area contributed by atoms with Gasteiger partial charge in [0.1, 0.15) is 5.82 Å². The Morgan fingerprint density at radius 1 is 1.15 bits per heavy atom. The first-order valence-electron chi connectivity index (χ1n) is 12.9. The van der Waals surface area contributed by atoms with Crippen LogP contribution in [0.5, 0.6) is 0 Å². The van der Waals surface area contributed by atoms with Crippen LogP contribution in [0, 0.1) is 20.8 Å². The van der Waals surface area contributed by atoms with E-state index < -0.39 is 14.8 Å². The fraction of sp³-hybridized carbons (Fsp3) is 0.300. The van der Waals surface area contributed by atoms with Crippen LogP contribution in [0.2, 0.25) is 0 Å². The van der Waals surface area contributed by atoms with Crippen LogP contribution in [0.3, 0.4) is 0 Å². The summed E-state index contributed by atoms with van der Waals surface area (Å²) >= 11 is 0. The number of fused-ring (bicyclic) bond motifs is 1. The summed E-state index contributed by atoms with van der Waals surface area (Å²) in [5, 5.41) is 0.597. The van der Waals surface area contributed by atoms with Crippen molar-refractivity contribution in [3.8, 4) is 11.1 Å². The number of aromatic amines is 1. The summed E-state index contributed by atoms with van der Waals surface area (Å²) in [7, 11) is -3.76. The number of aryl methyl sites for hydroxylation is 3. The lowest BCUT2D eigenvalue weighted by molar-refractivity contribution is 0.0984. The first kappa shape index (κ1) is 26.6. The van der Waals surface area contributed by atoms with E-state index in [1.807, 2.05) is 26.8 Å². The number of anilines is 1. The molecule has 0 aliphatic heterocycles. The van der Waals surface area contributed by atoms with Gasteiger partial charge in [0, 0.05) is 46.6 Å². The van der Waals surface area contributed by atoms with Crippen molar-refractivity contribution in [2.24, 2.45) is 0 Å². The second-order valence-corrected chi connectivity index (χ2v) is 12.8. The van der Waals surface area contributed by atoms with Crippen molar-refractivity contribution in [3.05, 3.63) is 93.7 Å². The molecule has 1 saturated carbocycles. The smallest absolute Gasteiger partial charge is 0.251 e. The van der Waals surface area contributed by atoms with Gasteiger partial charge in [-0.05, 0) is 93.5 Å². The van der Waals surface area contributed by atoms with Crippen molar-refractivity contribution in [1.29, 1.82) is 0 Å². The number of hydrogen-bond acceptors (Lipinski definition) is 6. The molecule has 1 aliphatic carbocycles.